The quantitative estimate of drug-likeness (QED) is 0.752. The Balaban J connectivity index is 1.98. The fourth-order valence-corrected chi connectivity index (χ4v) is 3.36. The minimum absolute atomic E-state index is 0.0331. The van der Waals surface area contributed by atoms with Gasteiger partial charge in [0.1, 0.15) is 0 Å². The standard InChI is InChI=1S/C14H28N2O/c1-14(2)11-16(10-13(9-15)17-14)12-7-5-3-4-6-8-12/h12-13H,3-11,15H2,1-2H3. The number of hydrogen-bond acceptors (Lipinski definition) is 3. The highest BCUT2D eigenvalue weighted by atomic mass is 16.5. The van der Waals surface area contributed by atoms with Crippen LogP contribution in [0.2, 0.25) is 0 Å². The summed E-state index contributed by atoms with van der Waals surface area (Å²) in [4.78, 5) is 2.65. The maximum Gasteiger partial charge on any atom is 0.0831 e. The molecule has 1 atom stereocenters. The van der Waals surface area contributed by atoms with Gasteiger partial charge in [-0.3, -0.25) is 4.90 Å². The van der Waals surface area contributed by atoms with Crippen molar-refractivity contribution in [2.45, 2.75) is 70.1 Å². The topological polar surface area (TPSA) is 38.5 Å². The van der Waals surface area contributed by atoms with Crippen LogP contribution in [0, 0.1) is 0 Å². The van der Waals surface area contributed by atoms with Crippen LogP contribution in [0.1, 0.15) is 52.4 Å². The lowest BCUT2D eigenvalue weighted by Gasteiger charge is -2.45. The summed E-state index contributed by atoms with van der Waals surface area (Å²) in [5, 5.41) is 0. The Morgan fingerprint density at radius 1 is 1.18 bits per heavy atom. The number of rotatable bonds is 2. The molecule has 0 radical (unpaired) electrons. The van der Waals surface area contributed by atoms with Crippen molar-refractivity contribution in [3.63, 3.8) is 0 Å². The predicted octanol–water partition coefficient (Wildman–Crippen LogP) is 2.15. The van der Waals surface area contributed by atoms with E-state index in [4.69, 9.17) is 10.5 Å². The van der Waals surface area contributed by atoms with Crippen LogP contribution in [0.5, 0.6) is 0 Å². The van der Waals surface area contributed by atoms with Crippen molar-refractivity contribution in [1.82, 2.24) is 4.90 Å². The van der Waals surface area contributed by atoms with Crippen LogP contribution in [-0.2, 0) is 4.74 Å². The average Bonchev–Trinajstić information content (AvgIpc) is 2.55. The molecule has 1 unspecified atom stereocenters. The summed E-state index contributed by atoms with van der Waals surface area (Å²) in [5.74, 6) is 0. The molecule has 1 saturated carbocycles. The van der Waals surface area contributed by atoms with Gasteiger partial charge in [-0.2, -0.15) is 0 Å². The summed E-state index contributed by atoms with van der Waals surface area (Å²) in [6.45, 7) is 7.13. The molecule has 1 heterocycles. The van der Waals surface area contributed by atoms with Gasteiger partial charge in [-0.1, -0.05) is 25.7 Å². The van der Waals surface area contributed by atoms with E-state index in [0.29, 0.717) is 6.54 Å². The molecule has 2 aliphatic rings. The van der Waals surface area contributed by atoms with Crippen molar-refractivity contribution in [2.24, 2.45) is 5.73 Å². The molecular weight excluding hydrogens is 212 g/mol. The fourth-order valence-electron chi connectivity index (χ4n) is 3.36. The van der Waals surface area contributed by atoms with Gasteiger partial charge in [0.25, 0.3) is 0 Å². The van der Waals surface area contributed by atoms with E-state index in [1.54, 1.807) is 0 Å². The van der Waals surface area contributed by atoms with Crippen molar-refractivity contribution in [3.8, 4) is 0 Å². The van der Waals surface area contributed by atoms with Gasteiger partial charge in [0, 0.05) is 25.7 Å². The zero-order valence-electron chi connectivity index (χ0n) is 11.5. The van der Waals surface area contributed by atoms with Crippen molar-refractivity contribution < 1.29 is 4.74 Å². The molecule has 0 aromatic carbocycles. The van der Waals surface area contributed by atoms with Crippen molar-refractivity contribution in [1.29, 1.82) is 0 Å². The zero-order chi connectivity index (χ0) is 12.3. The molecule has 2 rings (SSSR count). The second-order valence-electron chi connectivity index (χ2n) is 6.31. The van der Waals surface area contributed by atoms with Gasteiger partial charge in [-0.05, 0) is 26.7 Å². The Bertz CT molecular complexity index is 234. The Labute approximate surface area is 106 Å². The summed E-state index contributed by atoms with van der Waals surface area (Å²) in [6, 6.07) is 0.773. The molecule has 17 heavy (non-hydrogen) atoms. The van der Waals surface area contributed by atoms with Crippen LogP contribution in [0.4, 0.5) is 0 Å². The molecule has 3 heteroatoms. The first-order valence-electron chi connectivity index (χ1n) is 7.23. The summed E-state index contributed by atoms with van der Waals surface area (Å²) >= 11 is 0. The second kappa shape index (κ2) is 5.68. The minimum atomic E-state index is -0.0331. The molecule has 2 N–H and O–H groups in total. The van der Waals surface area contributed by atoms with Crippen LogP contribution in [0.25, 0.3) is 0 Å². The van der Waals surface area contributed by atoms with Gasteiger partial charge in [0.05, 0.1) is 11.7 Å². The molecule has 1 aliphatic carbocycles. The zero-order valence-corrected chi connectivity index (χ0v) is 11.5. The number of ether oxygens (including phenoxy) is 1. The Hall–Kier alpha value is -0.120. The van der Waals surface area contributed by atoms with Crippen molar-refractivity contribution in [3.05, 3.63) is 0 Å². The van der Waals surface area contributed by atoms with E-state index < -0.39 is 0 Å². The van der Waals surface area contributed by atoms with Gasteiger partial charge in [0.2, 0.25) is 0 Å². The van der Waals surface area contributed by atoms with Crippen LogP contribution < -0.4 is 5.73 Å². The highest BCUT2D eigenvalue weighted by Crippen LogP contribution is 2.28. The van der Waals surface area contributed by atoms with Crippen molar-refractivity contribution in [2.75, 3.05) is 19.6 Å². The van der Waals surface area contributed by atoms with Gasteiger partial charge in [-0.25, -0.2) is 0 Å². The molecule has 3 nitrogen and oxygen atoms in total. The third kappa shape index (κ3) is 3.67. The first-order chi connectivity index (χ1) is 8.11. The van der Waals surface area contributed by atoms with Gasteiger partial charge >= 0.3 is 0 Å². The molecule has 2 fully saturated rings. The number of nitrogens with zero attached hydrogens (tertiary/aromatic N) is 1. The number of morpholine rings is 1. The van der Waals surface area contributed by atoms with E-state index in [1.807, 2.05) is 0 Å². The normalized spacial score (nSPS) is 32.3. The minimum Gasteiger partial charge on any atom is -0.368 e. The Morgan fingerprint density at radius 2 is 1.82 bits per heavy atom. The van der Waals surface area contributed by atoms with Crippen molar-refractivity contribution >= 4 is 0 Å². The van der Waals surface area contributed by atoms with E-state index in [0.717, 1.165) is 19.1 Å². The average molecular weight is 240 g/mol. The first-order valence-corrected chi connectivity index (χ1v) is 7.23. The number of nitrogens with two attached hydrogens (primary N) is 1. The highest BCUT2D eigenvalue weighted by molar-refractivity contribution is 4.88. The molecule has 1 aliphatic heterocycles. The second-order valence-corrected chi connectivity index (χ2v) is 6.31. The van der Waals surface area contributed by atoms with Crippen LogP contribution in [-0.4, -0.2) is 42.3 Å². The SMILES string of the molecule is CC1(C)CN(C2CCCCCC2)CC(CN)O1. The van der Waals surface area contributed by atoms with Crippen LogP contribution in [0.15, 0.2) is 0 Å². The molecular formula is C14H28N2O. The summed E-state index contributed by atoms with van der Waals surface area (Å²) in [6.07, 6.45) is 8.60. The van der Waals surface area contributed by atoms with E-state index in [-0.39, 0.29) is 11.7 Å². The summed E-state index contributed by atoms with van der Waals surface area (Å²) in [7, 11) is 0. The summed E-state index contributed by atoms with van der Waals surface area (Å²) in [5.41, 5.74) is 5.76. The highest BCUT2D eigenvalue weighted by Gasteiger charge is 2.35. The third-order valence-electron chi connectivity index (χ3n) is 4.11. The maximum atomic E-state index is 6.01. The fraction of sp³-hybridized carbons (Fsp3) is 1.00. The molecule has 0 amide bonds. The molecule has 0 spiro atoms. The van der Waals surface area contributed by atoms with Crippen LogP contribution in [0.3, 0.4) is 0 Å². The molecule has 100 valence electrons. The van der Waals surface area contributed by atoms with E-state index >= 15 is 0 Å². The molecule has 0 bridgehead atoms. The smallest absolute Gasteiger partial charge is 0.0831 e. The lowest BCUT2D eigenvalue weighted by Crippen LogP contribution is -2.57. The van der Waals surface area contributed by atoms with E-state index in [1.165, 1.54) is 38.5 Å². The maximum absolute atomic E-state index is 6.01. The van der Waals surface area contributed by atoms with E-state index in [9.17, 15) is 0 Å². The molecule has 1 saturated heterocycles. The van der Waals surface area contributed by atoms with Gasteiger partial charge in [0.15, 0.2) is 0 Å². The largest absolute Gasteiger partial charge is 0.368 e. The van der Waals surface area contributed by atoms with Crippen LogP contribution >= 0.6 is 0 Å². The third-order valence-corrected chi connectivity index (χ3v) is 4.11. The first kappa shape index (κ1) is 13.3. The lowest BCUT2D eigenvalue weighted by molar-refractivity contribution is -0.141. The lowest BCUT2D eigenvalue weighted by atomic mass is 9.99. The summed E-state index contributed by atoms with van der Waals surface area (Å²) < 4.78 is 6.01. The molecule has 0 aromatic rings. The number of hydrogen-bond donors (Lipinski definition) is 1. The monoisotopic (exact) mass is 240 g/mol. The van der Waals surface area contributed by atoms with Gasteiger partial charge in [-0.15, -0.1) is 0 Å². The Morgan fingerprint density at radius 3 is 2.41 bits per heavy atom. The Kier molecular flexibility index (Phi) is 4.45. The van der Waals surface area contributed by atoms with E-state index in [2.05, 4.69) is 18.7 Å². The molecule has 0 aromatic heterocycles. The van der Waals surface area contributed by atoms with Gasteiger partial charge < -0.3 is 10.5 Å². The predicted molar refractivity (Wildman–Crippen MR) is 71.1 cm³/mol.